The van der Waals surface area contributed by atoms with Crippen molar-refractivity contribution in [1.29, 1.82) is 0 Å². The van der Waals surface area contributed by atoms with Crippen LogP contribution in [0.1, 0.15) is 0 Å². The van der Waals surface area contributed by atoms with Gasteiger partial charge in [-0.2, -0.15) is 0 Å². The number of hydrogen-bond donors (Lipinski definition) is 6. The van der Waals surface area contributed by atoms with E-state index in [0.717, 1.165) is 0 Å². The van der Waals surface area contributed by atoms with Gasteiger partial charge in [0.2, 0.25) is 0 Å². The van der Waals surface area contributed by atoms with E-state index in [0.29, 0.717) is 55.0 Å². The van der Waals surface area contributed by atoms with Crippen LogP contribution in [0.5, 0.6) is 34.5 Å². The quantitative estimate of drug-likeness (QED) is 0.119. The molecule has 6 heterocycles. The zero-order chi connectivity index (χ0) is 32.2. The van der Waals surface area contributed by atoms with E-state index in [1.807, 2.05) is 0 Å². The molecule has 0 spiro atoms. The predicted molar refractivity (Wildman–Crippen MR) is 172 cm³/mol. The van der Waals surface area contributed by atoms with E-state index >= 15 is 0 Å². The van der Waals surface area contributed by atoms with Gasteiger partial charge >= 0.3 is 0 Å². The second kappa shape index (κ2) is 12.4. The Morgan fingerprint density at radius 2 is 0.565 bits per heavy atom. The zero-order valence-corrected chi connectivity index (χ0v) is 23.8. The van der Waals surface area contributed by atoms with Gasteiger partial charge in [-0.1, -0.05) is 0 Å². The summed E-state index contributed by atoms with van der Waals surface area (Å²) in [5.74, 6) is 0.906. The van der Waals surface area contributed by atoms with Crippen LogP contribution in [-0.2, 0) is 0 Å². The molecular weight excluding hydrogens is 588 g/mol. The van der Waals surface area contributed by atoms with Crippen molar-refractivity contribution in [3.05, 3.63) is 110 Å². The van der Waals surface area contributed by atoms with E-state index in [1.54, 1.807) is 24.3 Å². The van der Waals surface area contributed by atoms with Crippen LogP contribution in [0.2, 0.25) is 0 Å². The van der Waals surface area contributed by atoms with Crippen molar-refractivity contribution in [2.24, 2.45) is 0 Å². The molecule has 0 bridgehead atoms. The van der Waals surface area contributed by atoms with E-state index in [2.05, 4.69) is 29.9 Å². The third kappa shape index (κ3) is 5.85. The molecule has 0 radical (unpaired) electrons. The van der Waals surface area contributed by atoms with Crippen LogP contribution in [0.25, 0.3) is 55.0 Å². The zero-order valence-electron chi connectivity index (χ0n) is 23.8. The van der Waals surface area contributed by atoms with Crippen LogP contribution in [0.4, 0.5) is 0 Å². The largest absolute Gasteiger partial charge is 0.508 e. The fourth-order valence-electron chi connectivity index (χ4n) is 4.72. The minimum absolute atomic E-state index is 0.125. The summed E-state index contributed by atoms with van der Waals surface area (Å²) in [6.45, 7) is 0. The van der Waals surface area contributed by atoms with Crippen molar-refractivity contribution in [2.45, 2.75) is 0 Å². The average Bonchev–Trinajstić information content (AvgIpc) is 3.06. The van der Waals surface area contributed by atoms with Crippen LogP contribution in [0, 0.1) is 0 Å². The van der Waals surface area contributed by atoms with E-state index in [-0.39, 0.29) is 34.5 Å². The highest BCUT2D eigenvalue weighted by Crippen LogP contribution is 2.32. The van der Waals surface area contributed by atoms with Crippen LogP contribution < -0.4 is 0 Å². The molecule has 46 heavy (non-hydrogen) atoms. The minimum Gasteiger partial charge on any atom is -0.508 e. The van der Waals surface area contributed by atoms with Crippen LogP contribution in [0.15, 0.2) is 110 Å². The van der Waals surface area contributed by atoms with Crippen LogP contribution >= 0.6 is 0 Å². The van der Waals surface area contributed by atoms with Crippen molar-refractivity contribution in [3.63, 3.8) is 0 Å². The molecule has 0 aliphatic carbocycles. The lowest BCUT2D eigenvalue weighted by Gasteiger charge is -2.04. The van der Waals surface area contributed by atoms with Crippen molar-refractivity contribution in [1.82, 2.24) is 29.9 Å². The Bertz CT molecular complexity index is 2080. The summed E-state index contributed by atoms with van der Waals surface area (Å²) >= 11 is 0. The Labute approximate surface area is 259 Å². The Morgan fingerprint density at radius 3 is 0.826 bits per heavy atom. The maximum atomic E-state index is 9.67. The standard InChI is InChI=1S/2C12H8N2O2.C10H8N2O2/c2*15-9-3-5-13-11-7(9)1-2-8-10(16)4-6-14-12(8)11;13-7-1-3-11-9(5-7)10-6-8(14)2-4-12-10/h2*1-6H,(H,13,15)(H,14,16);1-6H,(H,11,13)(H,12,14). The Hall–Kier alpha value is -6.82. The summed E-state index contributed by atoms with van der Waals surface area (Å²) in [7, 11) is 0. The molecule has 0 aliphatic heterocycles. The third-order valence-electron chi connectivity index (χ3n) is 6.90. The van der Waals surface area contributed by atoms with Gasteiger partial charge < -0.3 is 30.6 Å². The number of aromatic nitrogens is 6. The van der Waals surface area contributed by atoms with Gasteiger partial charge in [-0.25, -0.2) is 0 Å². The summed E-state index contributed by atoms with van der Waals surface area (Å²) in [6.07, 6.45) is 9.03. The van der Waals surface area contributed by atoms with E-state index < -0.39 is 0 Å². The number of rotatable bonds is 1. The minimum atomic E-state index is 0.125. The first-order valence-corrected chi connectivity index (χ1v) is 13.7. The molecule has 226 valence electrons. The molecule has 0 unspecified atom stereocenters. The number of aromatic hydroxyl groups is 6. The van der Waals surface area contributed by atoms with Gasteiger partial charge in [-0.05, 0) is 60.7 Å². The number of fused-ring (bicyclic) bond motifs is 6. The monoisotopic (exact) mass is 612 g/mol. The Kier molecular flexibility index (Phi) is 7.90. The summed E-state index contributed by atoms with van der Waals surface area (Å²) in [6, 6.07) is 18.9. The molecule has 12 heteroatoms. The van der Waals surface area contributed by atoms with Crippen molar-refractivity contribution >= 4 is 43.6 Å². The van der Waals surface area contributed by atoms with Crippen molar-refractivity contribution < 1.29 is 30.6 Å². The fraction of sp³-hybridized carbons (Fsp3) is 0. The van der Waals surface area contributed by atoms with Gasteiger partial charge in [-0.15, -0.1) is 0 Å². The van der Waals surface area contributed by atoms with Gasteiger partial charge in [0.05, 0.1) is 11.4 Å². The third-order valence-corrected chi connectivity index (χ3v) is 6.90. The highest BCUT2D eigenvalue weighted by Gasteiger charge is 2.09. The number of pyridine rings is 6. The number of benzene rings is 2. The van der Waals surface area contributed by atoms with Gasteiger partial charge in [0.15, 0.2) is 0 Å². The van der Waals surface area contributed by atoms with Crippen LogP contribution in [0.3, 0.4) is 0 Å². The first kappa shape index (κ1) is 29.3. The maximum absolute atomic E-state index is 9.67. The van der Waals surface area contributed by atoms with Crippen molar-refractivity contribution in [3.8, 4) is 45.9 Å². The van der Waals surface area contributed by atoms with Crippen molar-refractivity contribution in [2.75, 3.05) is 0 Å². The second-order valence-corrected chi connectivity index (χ2v) is 9.83. The van der Waals surface area contributed by atoms with Gasteiger partial charge in [-0.3, -0.25) is 29.9 Å². The predicted octanol–water partition coefficient (Wildman–Crippen LogP) is 5.94. The SMILES string of the molecule is Oc1ccnc(-c2cc(O)ccn2)c1.Oc1ccnc2c1ccc1c(O)ccnc12.Oc1ccnc2c1ccc1c(O)ccnc12. The van der Waals surface area contributed by atoms with E-state index in [9.17, 15) is 30.6 Å². The molecule has 8 rings (SSSR count). The molecule has 0 aliphatic rings. The Morgan fingerprint density at radius 1 is 0.304 bits per heavy atom. The van der Waals surface area contributed by atoms with Gasteiger partial charge in [0, 0.05) is 70.9 Å². The molecule has 8 aromatic rings. The highest BCUT2D eigenvalue weighted by atomic mass is 16.3. The smallest absolute Gasteiger partial charge is 0.126 e. The summed E-state index contributed by atoms with van der Waals surface area (Å²) in [5.41, 5.74) is 3.42. The molecule has 0 saturated heterocycles. The molecule has 0 amide bonds. The lowest BCUT2D eigenvalue weighted by molar-refractivity contribution is 0.473. The van der Waals surface area contributed by atoms with E-state index in [1.165, 1.54) is 85.7 Å². The highest BCUT2D eigenvalue weighted by molar-refractivity contribution is 6.07. The summed E-state index contributed by atoms with van der Waals surface area (Å²) in [4.78, 5) is 24.7. The van der Waals surface area contributed by atoms with Gasteiger partial charge in [0.1, 0.15) is 56.6 Å². The molecule has 0 atom stereocenters. The molecule has 2 aromatic carbocycles. The summed E-state index contributed by atoms with van der Waals surface area (Å²) < 4.78 is 0. The molecule has 6 aromatic heterocycles. The second-order valence-electron chi connectivity index (χ2n) is 9.83. The van der Waals surface area contributed by atoms with Gasteiger partial charge in [0.25, 0.3) is 0 Å². The number of hydrogen-bond acceptors (Lipinski definition) is 12. The maximum Gasteiger partial charge on any atom is 0.126 e. The van der Waals surface area contributed by atoms with E-state index in [4.69, 9.17) is 0 Å². The average molecular weight is 613 g/mol. The molecule has 0 fully saturated rings. The fourth-order valence-corrected chi connectivity index (χ4v) is 4.72. The number of nitrogens with zero attached hydrogens (tertiary/aromatic N) is 6. The Balaban J connectivity index is 0.000000122. The van der Waals surface area contributed by atoms with Crippen LogP contribution in [-0.4, -0.2) is 60.5 Å². The first-order chi connectivity index (χ1) is 22.3. The first-order valence-electron chi connectivity index (χ1n) is 13.7. The normalized spacial score (nSPS) is 10.7. The lowest BCUT2D eigenvalue weighted by Crippen LogP contribution is -1.85. The molecular formula is C34H24N6O6. The lowest BCUT2D eigenvalue weighted by atomic mass is 10.1. The molecule has 0 saturated carbocycles. The molecule has 12 nitrogen and oxygen atoms in total. The topological polar surface area (TPSA) is 199 Å². The molecule has 6 N–H and O–H groups in total. The summed E-state index contributed by atoms with van der Waals surface area (Å²) in [5, 5.41) is 59.6.